The summed E-state index contributed by atoms with van der Waals surface area (Å²) in [7, 11) is 1.81. The molecule has 2 rings (SSSR count). The van der Waals surface area contributed by atoms with Crippen LogP contribution in [0.3, 0.4) is 0 Å². The van der Waals surface area contributed by atoms with Gasteiger partial charge >= 0.3 is 0 Å². The Morgan fingerprint density at radius 1 is 1.35 bits per heavy atom. The number of nitrogens with zero attached hydrogens (tertiary/aromatic N) is 3. The van der Waals surface area contributed by atoms with E-state index in [0.29, 0.717) is 13.1 Å². The Bertz CT molecular complexity index is 534. The van der Waals surface area contributed by atoms with Gasteiger partial charge in [-0.05, 0) is 24.6 Å². The molecule has 1 aromatic carbocycles. The van der Waals surface area contributed by atoms with E-state index in [4.69, 9.17) is 0 Å². The molecule has 5 heteroatoms. The van der Waals surface area contributed by atoms with Crippen LogP contribution in [0.5, 0.6) is 0 Å². The fourth-order valence-corrected chi connectivity index (χ4v) is 1.82. The predicted octanol–water partition coefficient (Wildman–Crippen LogP) is 1.44. The van der Waals surface area contributed by atoms with Crippen LogP contribution in [0.15, 0.2) is 43.0 Å². The van der Waals surface area contributed by atoms with Gasteiger partial charge < -0.3 is 14.8 Å². The van der Waals surface area contributed by atoms with E-state index in [2.05, 4.69) is 22.4 Å². The van der Waals surface area contributed by atoms with Crippen LogP contribution in [0, 0.1) is 0 Å². The Labute approximate surface area is 119 Å². The highest BCUT2D eigenvalue weighted by Gasteiger charge is 2.05. The maximum atomic E-state index is 11.6. The van der Waals surface area contributed by atoms with Gasteiger partial charge in [-0.1, -0.05) is 12.1 Å². The quantitative estimate of drug-likeness (QED) is 0.865. The molecule has 0 saturated heterocycles. The lowest BCUT2D eigenvalue weighted by molar-refractivity contribution is -0.128. The molecule has 20 heavy (non-hydrogen) atoms. The maximum absolute atomic E-state index is 11.6. The van der Waals surface area contributed by atoms with Crippen molar-refractivity contribution in [2.24, 2.45) is 0 Å². The Balaban J connectivity index is 1.84. The molecule has 1 aromatic heterocycles. The van der Waals surface area contributed by atoms with Crippen molar-refractivity contribution in [1.29, 1.82) is 0 Å². The first kappa shape index (κ1) is 14.3. The molecule has 0 saturated carbocycles. The minimum atomic E-state index is 0.113. The summed E-state index contributed by atoms with van der Waals surface area (Å²) in [6.07, 6.45) is 5.43. The van der Waals surface area contributed by atoms with Crippen molar-refractivity contribution in [3.05, 3.63) is 48.5 Å². The van der Waals surface area contributed by atoms with Crippen LogP contribution in [-0.4, -0.2) is 40.5 Å². The number of benzene rings is 1. The largest absolute Gasteiger partial charge is 0.345 e. The highest BCUT2D eigenvalue weighted by atomic mass is 16.2. The van der Waals surface area contributed by atoms with Crippen LogP contribution in [0.2, 0.25) is 0 Å². The predicted molar refractivity (Wildman–Crippen MR) is 78.6 cm³/mol. The van der Waals surface area contributed by atoms with Crippen LogP contribution < -0.4 is 5.32 Å². The number of rotatable bonds is 6. The number of hydrogen-bond acceptors (Lipinski definition) is 3. The van der Waals surface area contributed by atoms with Gasteiger partial charge in [-0.2, -0.15) is 0 Å². The second-order valence-corrected chi connectivity index (χ2v) is 4.65. The topological polar surface area (TPSA) is 50.2 Å². The molecule has 2 aromatic rings. The van der Waals surface area contributed by atoms with Gasteiger partial charge in [0.15, 0.2) is 0 Å². The van der Waals surface area contributed by atoms with E-state index in [-0.39, 0.29) is 5.91 Å². The van der Waals surface area contributed by atoms with Gasteiger partial charge in [0, 0.05) is 38.2 Å². The van der Waals surface area contributed by atoms with Crippen LogP contribution >= 0.6 is 0 Å². The Morgan fingerprint density at radius 3 is 2.70 bits per heavy atom. The molecule has 0 aliphatic rings. The number of amides is 1. The third kappa shape index (κ3) is 3.68. The molecule has 106 valence electrons. The minimum Gasteiger partial charge on any atom is -0.345 e. The van der Waals surface area contributed by atoms with E-state index in [1.807, 2.05) is 36.9 Å². The van der Waals surface area contributed by atoms with Crippen molar-refractivity contribution < 1.29 is 4.79 Å². The molecule has 0 bridgehead atoms. The summed E-state index contributed by atoms with van der Waals surface area (Å²) in [5.74, 6) is 0.113. The zero-order valence-electron chi connectivity index (χ0n) is 11.9. The van der Waals surface area contributed by atoms with Crippen LogP contribution in [0.4, 0.5) is 0 Å². The molecule has 0 aliphatic heterocycles. The number of carbonyl (C=O) groups excluding carboxylic acids is 1. The number of carbonyl (C=O) groups is 1. The second kappa shape index (κ2) is 6.86. The molecule has 0 unspecified atom stereocenters. The third-order valence-corrected chi connectivity index (χ3v) is 3.24. The number of hydrogen-bond donors (Lipinski definition) is 1. The normalized spacial score (nSPS) is 10.5. The highest BCUT2D eigenvalue weighted by Crippen LogP contribution is 2.08. The first-order valence-electron chi connectivity index (χ1n) is 6.72. The first-order chi connectivity index (χ1) is 9.70. The van der Waals surface area contributed by atoms with E-state index in [1.54, 1.807) is 17.4 Å². The average molecular weight is 272 g/mol. The lowest BCUT2D eigenvalue weighted by Gasteiger charge is -2.14. The lowest BCUT2D eigenvalue weighted by atomic mass is 10.2. The molecule has 0 aliphatic carbocycles. The Hall–Kier alpha value is -2.14. The van der Waals surface area contributed by atoms with E-state index in [9.17, 15) is 4.79 Å². The van der Waals surface area contributed by atoms with Gasteiger partial charge in [0.2, 0.25) is 5.91 Å². The van der Waals surface area contributed by atoms with E-state index < -0.39 is 0 Å². The van der Waals surface area contributed by atoms with Gasteiger partial charge in [0.05, 0.1) is 12.9 Å². The van der Waals surface area contributed by atoms with Crippen molar-refractivity contribution in [1.82, 2.24) is 19.8 Å². The van der Waals surface area contributed by atoms with E-state index in [1.165, 1.54) is 0 Å². The average Bonchev–Trinajstić information content (AvgIpc) is 3.01. The summed E-state index contributed by atoms with van der Waals surface area (Å²) in [6, 6.07) is 8.18. The molecular formula is C15H20N4O. The maximum Gasteiger partial charge on any atom is 0.236 e. The zero-order valence-corrected chi connectivity index (χ0v) is 11.9. The van der Waals surface area contributed by atoms with Crippen LogP contribution in [-0.2, 0) is 11.3 Å². The standard InChI is InChI=1S/C15H20N4O/c1-3-18(2)15(20)11-17-10-13-4-6-14(7-5-13)19-9-8-16-12-19/h4-9,12,17H,3,10-11H2,1-2H3. The first-order valence-corrected chi connectivity index (χ1v) is 6.72. The second-order valence-electron chi connectivity index (χ2n) is 4.65. The molecule has 1 amide bonds. The fraction of sp³-hybridized carbons (Fsp3) is 0.333. The number of nitrogens with one attached hydrogen (secondary N) is 1. The summed E-state index contributed by atoms with van der Waals surface area (Å²) >= 11 is 0. The SMILES string of the molecule is CCN(C)C(=O)CNCc1ccc(-n2ccnc2)cc1. The zero-order chi connectivity index (χ0) is 14.4. The smallest absolute Gasteiger partial charge is 0.236 e. The van der Waals surface area contributed by atoms with Gasteiger partial charge in [0.25, 0.3) is 0 Å². The molecule has 5 nitrogen and oxygen atoms in total. The van der Waals surface area contributed by atoms with Gasteiger partial charge in [-0.3, -0.25) is 4.79 Å². The summed E-state index contributed by atoms with van der Waals surface area (Å²) in [5, 5.41) is 3.16. The Morgan fingerprint density at radius 2 is 2.10 bits per heavy atom. The third-order valence-electron chi connectivity index (χ3n) is 3.24. The van der Waals surface area contributed by atoms with E-state index in [0.717, 1.165) is 17.8 Å². The van der Waals surface area contributed by atoms with Crippen LogP contribution in [0.25, 0.3) is 5.69 Å². The summed E-state index contributed by atoms with van der Waals surface area (Å²) in [6.45, 7) is 3.76. The molecular weight excluding hydrogens is 252 g/mol. The minimum absolute atomic E-state index is 0.113. The fourth-order valence-electron chi connectivity index (χ4n) is 1.82. The van der Waals surface area contributed by atoms with Crippen molar-refractivity contribution in [2.45, 2.75) is 13.5 Å². The van der Waals surface area contributed by atoms with Crippen molar-refractivity contribution >= 4 is 5.91 Å². The highest BCUT2D eigenvalue weighted by molar-refractivity contribution is 5.77. The van der Waals surface area contributed by atoms with E-state index >= 15 is 0 Å². The van der Waals surface area contributed by atoms with Crippen molar-refractivity contribution in [2.75, 3.05) is 20.1 Å². The molecule has 1 heterocycles. The molecule has 0 fully saturated rings. The molecule has 0 spiro atoms. The summed E-state index contributed by atoms with van der Waals surface area (Å²) < 4.78 is 1.96. The van der Waals surface area contributed by atoms with Crippen molar-refractivity contribution in [3.8, 4) is 5.69 Å². The van der Waals surface area contributed by atoms with Crippen molar-refractivity contribution in [3.63, 3.8) is 0 Å². The molecule has 0 radical (unpaired) electrons. The van der Waals surface area contributed by atoms with Gasteiger partial charge in [0.1, 0.15) is 0 Å². The molecule has 1 N–H and O–H groups in total. The van der Waals surface area contributed by atoms with Gasteiger partial charge in [-0.25, -0.2) is 4.98 Å². The summed E-state index contributed by atoms with van der Waals surface area (Å²) in [4.78, 5) is 17.4. The number of imidazole rings is 1. The summed E-state index contributed by atoms with van der Waals surface area (Å²) in [5.41, 5.74) is 2.23. The number of likely N-dealkylation sites (N-methyl/N-ethyl adjacent to an activating group) is 1. The number of aromatic nitrogens is 2. The van der Waals surface area contributed by atoms with Gasteiger partial charge in [-0.15, -0.1) is 0 Å². The Kier molecular flexibility index (Phi) is 4.90. The van der Waals surface area contributed by atoms with Crippen LogP contribution in [0.1, 0.15) is 12.5 Å². The lowest BCUT2D eigenvalue weighted by Crippen LogP contribution is -2.35. The monoisotopic (exact) mass is 272 g/mol. The molecule has 0 atom stereocenters.